The minimum Gasteiger partial charge on any atom is -0.490 e. The molecule has 4 aromatic heterocycles. The molecule has 2 N–H and O–H groups in total. The SMILES string of the molecule is CN1CCN(C)CC1.CNCCNc1ccc(-c2nccc(COc3ccc4cc3CCOc3ncnc5sc(-c6ccc(F)cc6)c(c35)-c3c(C)c(Cl)c(c(Cl)c3C)OCCO4)n2)cn1. The summed E-state index contributed by atoms with van der Waals surface area (Å²) in [5, 5.41) is 7.83. The fourth-order valence-electron chi connectivity index (χ4n) is 7.66. The molecule has 4 bridgehead atoms. The van der Waals surface area contributed by atoms with E-state index in [1.165, 1.54) is 56.0 Å². The average molecular weight is 953 g/mol. The van der Waals surface area contributed by atoms with Crippen molar-refractivity contribution in [2.45, 2.75) is 26.9 Å². The molecule has 10 rings (SSSR count). The van der Waals surface area contributed by atoms with E-state index in [9.17, 15) is 4.39 Å². The number of benzene rings is 3. The predicted molar refractivity (Wildman–Crippen MR) is 261 cm³/mol. The Morgan fingerprint density at radius 1 is 0.788 bits per heavy atom. The molecule has 7 aromatic rings. The minimum atomic E-state index is -0.335. The van der Waals surface area contributed by atoms with Gasteiger partial charge >= 0.3 is 0 Å². The molecule has 3 aliphatic rings. The standard InChI is InChI=1S/C43H38Cl2FN7O4S.C6H14N2/c1-24-34-25(2)38(45)39(37(24)44)55-19-18-54-31-9-10-32(57-22-30-12-14-49-41(53-30)28-6-11-33(50-21-28)48-16-15-47-3)27(20-31)13-17-56-42-36-35(34)40(58-43(36)52-23-51-42)26-4-7-29(46)8-5-26;1-7-3-5-8(2)6-4-7/h4-12,14,20-21,23,47H,13,15-19,22H2,1-3H3,(H,48,50);3-6H2,1-2H3. The van der Waals surface area contributed by atoms with Gasteiger partial charge in [-0.3, -0.25) is 0 Å². The van der Waals surface area contributed by atoms with Crippen molar-refractivity contribution in [1.82, 2.24) is 40.0 Å². The first-order valence-corrected chi connectivity index (χ1v) is 23.3. The Morgan fingerprint density at radius 2 is 1.52 bits per heavy atom. The Bertz CT molecular complexity index is 2730. The number of halogens is 3. The highest BCUT2D eigenvalue weighted by Crippen LogP contribution is 2.52. The van der Waals surface area contributed by atoms with Crippen LogP contribution in [0.2, 0.25) is 10.0 Å². The molecule has 344 valence electrons. The number of fused-ring (bicyclic) bond motifs is 7. The fourth-order valence-corrected chi connectivity index (χ4v) is 9.34. The van der Waals surface area contributed by atoms with Gasteiger partial charge in [0, 0.05) is 79.7 Å². The predicted octanol–water partition coefficient (Wildman–Crippen LogP) is 9.41. The van der Waals surface area contributed by atoms with Crippen LogP contribution >= 0.6 is 34.5 Å². The lowest BCUT2D eigenvalue weighted by Crippen LogP contribution is -2.42. The maximum Gasteiger partial charge on any atom is 0.226 e. The van der Waals surface area contributed by atoms with Crippen LogP contribution in [-0.4, -0.2) is 115 Å². The van der Waals surface area contributed by atoms with Gasteiger partial charge in [0.25, 0.3) is 0 Å². The highest BCUT2D eigenvalue weighted by atomic mass is 35.5. The van der Waals surface area contributed by atoms with E-state index in [1.54, 1.807) is 24.5 Å². The molecule has 0 atom stereocenters. The van der Waals surface area contributed by atoms with Gasteiger partial charge in [0.1, 0.15) is 54.1 Å². The van der Waals surface area contributed by atoms with E-state index in [0.29, 0.717) is 61.3 Å². The molecular formula is C49H52Cl2FN9O4S. The molecule has 0 saturated carbocycles. The Hall–Kier alpha value is -5.68. The number of piperazine rings is 1. The maximum absolute atomic E-state index is 14.1. The van der Waals surface area contributed by atoms with Gasteiger partial charge in [0.15, 0.2) is 11.6 Å². The van der Waals surface area contributed by atoms with E-state index >= 15 is 0 Å². The summed E-state index contributed by atoms with van der Waals surface area (Å²) >= 11 is 15.5. The molecule has 3 aromatic carbocycles. The monoisotopic (exact) mass is 951 g/mol. The second-order valence-corrected chi connectivity index (χ2v) is 17.8. The van der Waals surface area contributed by atoms with Crippen molar-refractivity contribution in [1.29, 1.82) is 0 Å². The molecule has 0 radical (unpaired) electrons. The summed E-state index contributed by atoms with van der Waals surface area (Å²) in [5.41, 5.74) is 6.27. The van der Waals surface area contributed by atoms with E-state index in [2.05, 4.69) is 54.5 Å². The summed E-state index contributed by atoms with van der Waals surface area (Å²) in [4.78, 5) is 29.3. The quantitative estimate of drug-likeness (QED) is 0.133. The number of ether oxygens (including phenoxy) is 4. The van der Waals surface area contributed by atoms with Crippen molar-refractivity contribution in [3.05, 3.63) is 118 Å². The van der Waals surface area contributed by atoms with Gasteiger partial charge in [-0.05, 0) is 106 Å². The van der Waals surface area contributed by atoms with Crippen LogP contribution in [0.4, 0.5) is 10.2 Å². The van der Waals surface area contributed by atoms with Crippen molar-refractivity contribution in [2.75, 3.05) is 85.5 Å². The molecule has 66 heavy (non-hydrogen) atoms. The molecule has 1 saturated heterocycles. The zero-order valence-corrected chi connectivity index (χ0v) is 39.9. The van der Waals surface area contributed by atoms with E-state index in [-0.39, 0.29) is 32.2 Å². The first kappa shape index (κ1) is 46.8. The normalized spacial score (nSPS) is 14.4. The molecule has 0 amide bonds. The van der Waals surface area contributed by atoms with Crippen molar-refractivity contribution >= 4 is 50.6 Å². The minimum absolute atomic E-state index is 0.190. The maximum atomic E-state index is 14.1. The second-order valence-electron chi connectivity index (χ2n) is 16.0. The third-order valence-electron chi connectivity index (χ3n) is 11.4. The molecule has 7 heterocycles. The van der Waals surface area contributed by atoms with Crippen LogP contribution in [0.25, 0.3) is 43.2 Å². The van der Waals surface area contributed by atoms with Crippen LogP contribution in [0.5, 0.6) is 23.1 Å². The molecular weight excluding hydrogens is 901 g/mol. The van der Waals surface area contributed by atoms with Gasteiger partial charge in [-0.1, -0.05) is 35.3 Å². The van der Waals surface area contributed by atoms with E-state index in [0.717, 1.165) is 62.7 Å². The van der Waals surface area contributed by atoms with E-state index < -0.39 is 0 Å². The van der Waals surface area contributed by atoms with Crippen molar-refractivity contribution in [3.8, 4) is 56.1 Å². The second kappa shape index (κ2) is 21.7. The molecule has 3 aliphatic heterocycles. The van der Waals surface area contributed by atoms with Crippen LogP contribution in [0.3, 0.4) is 0 Å². The Kier molecular flexibility index (Phi) is 15.4. The van der Waals surface area contributed by atoms with E-state index in [1.807, 2.05) is 57.3 Å². The molecule has 0 unspecified atom stereocenters. The van der Waals surface area contributed by atoms with Crippen molar-refractivity contribution in [2.24, 2.45) is 0 Å². The van der Waals surface area contributed by atoms with Gasteiger partial charge in [-0.2, -0.15) is 0 Å². The van der Waals surface area contributed by atoms with Gasteiger partial charge in [0.2, 0.25) is 5.88 Å². The summed E-state index contributed by atoms with van der Waals surface area (Å²) in [7, 11) is 6.25. The van der Waals surface area contributed by atoms with Gasteiger partial charge in [-0.15, -0.1) is 11.3 Å². The third-order valence-corrected chi connectivity index (χ3v) is 13.4. The van der Waals surface area contributed by atoms with Gasteiger partial charge in [0.05, 0.1) is 27.7 Å². The first-order chi connectivity index (χ1) is 32.1. The molecule has 0 aliphatic carbocycles. The number of nitrogens with one attached hydrogen (secondary N) is 2. The average Bonchev–Trinajstić information content (AvgIpc) is 3.72. The topological polar surface area (TPSA) is 132 Å². The lowest BCUT2D eigenvalue weighted by molar-refractivity contribution is 0.181. The molecule has 13 nitrogen and oxygen atoms in total. The Labute approximate surface area is 398 Å². The zero-order valence-electron chi connectivity index (χ0n) is 37.6. The van der Waals surface area contributed by atoms with Crippen LogP contribution in [0.1, 0.15) is 22.4 Å². The molecule has 0 spiro atoms. The number of likely N-dealkylation sites (N-methyl/N-ethyl adjacent to an activating group) is 3. The third kappa shape index (κ3) is 10.9. The number of pyridine rings is 1. The summed E-state index contributed by atoms with van der Waals surface area (Å²) in [6, 6.07) is 17.7. The molecule has 17 heteroatoms. The van der Waals surface area contributed by atoms with Crippen LogP contribution in [0, 0.1) is 19.7 Å². The van der Waals surface area contributed by atoms with Crippen molar-refractivity contribution in [3.63, 3.8) is 0 Å². The number of anilines is 1. The number of thiophene rings is 1. The van der Waals surface area contributed by atoms with Crippen LogP contribution < -0.4 is 29.6 Å². The summed E-state index contributed by atoms with van der Waals surface area (Å²) in [5.74, 6) is 3.03. The lowest BCUT2D eigenvalue weighted by Gasteiger charge is -2.28. The van der Waals surface area contributed by atoms with Crippen LogP contribution in [-0.2, 0) is 13.0 Å². The van der Waals surface area contributed by atoms with Gasteiger partial charge in [-0.25, -0.2) is 29.3 Å². The number of hydrogen-bond donors (Lipinski definition) is 2. The summed E-state index contributed by atoms with van der Waals surface area (Å²) in [6.45, 7) is 11.2. The van der Waals surface area contributed by atoms with Gasteiger partial charge < -0.3 is 39.4 Å². The van der Waals surface area contributed by atoms with E-state index in [4.69, 9.17) is 47.1 Å². The first-order valence-electron chi connectivity index (χ1n) is 21.8. The Morgan fingerprint density at radius 3 is 2.23 bits per heavy atom. The fraction of sp³-hybridized carbons (Fsp3) is 0.327. The summed E-state index contributed by atoms with van der Waals surface area (Å²) in [6.07, 6.45) is 5.41. The van der Waals surface area contributed by atoms with Crippen molar-refractivity contribution < 1.29 is 23.3 Å². The Balaban J connectivity index is 0.000000670. The highest BCUT2D eigenvalue weighted by Gasteiger charge is 2.28. The smallest absolute Gasteiger partial charge is 0.226 e. The number of rotatable bonds is 9. The lowest BCUT2D eigenvalue weighted by atomic mass is 9.92. The molecule has 1 fully saturated rings. The number of nitrogens with zero attached hydrogens (tertiary/aromatic N) is 7. The number of hydrogen-bond acceptors (Lipinski definition) is 14. The highest BCUT2D eigenvalue weighted by molar-refractivity contribution is 7.22. The van der Waals surface area contributed by atoms with Crippen LogP contribution in [0.15, 0.2) is 79.4 Å². The zero-order chi connectivity index (χ0) is 46.2. The summed E-state index contributed by atoms with van der Waals surface area (Å²) < 4.78 is 39.4. The number of aromatic nitrogens is 5. The largest absolute Gasteiger partial charge is 0.490 e.